The molecule has 1 aromatic heterocycles. The summed E-state index contributed by atoms with van der Waals surface area (Å²) in [5.41, 5.74) is 3.92. The molecule has 0 atom stereocenters. The van der Waals surface area contributed by atoms with Crippen LogP contribution in [-0.4, -0.2) is 23.0 Å². The Labute approximate surface area is 185 Å². The zero-order valence-corrected chi connectivity index (χ0v) is 18.3. The lowest BCUT2D eigenvalue weighted by Gasteiger charge is -2.23. The van der Waals surface area contributed by atoms with Gasteiger partial charge in [0.1, 0.15) is 5.75 Å². The fraction of sp³-hybridized carbons (Fsp3) is 0.280. The van der Waals surface area contributed by atoms with Crippen molar-refractivity contribution in [3.05, 3.63) is 63.8 Å². The van der Waals surface area contributed by atoms with Gasteiger partial charge < -0.3 is 9.84 Å². The molecule has 31 heavy (non-hydrogen) atoms. The number of benzene rings is 2. The zero-order valence-electron chi connectivity index (χ0n) is 17.5. The lowest BCUT2D eigenvalue weighted by molar-refractivity contribution is 0.307. The first kappa shape index (κ1) is 19.8. The van der Waals surface area contributed by atoms with E-state index in [1.165, 1.54) is 30.6 Å². The van der Waals surface area contributed by atoms with Crippen molar-refractivity contribution in [2.75, 3.05) is 7.11 Å². The van der Waals surface area contributed by atoms with Gasteiger partial charge in [-0.1, -0.05) is 48.8 Å². The Kier molecular flexibility index (Phi) is 5.47. The Morgan fingerprint density at radius 3 is 2.65 bits per heavy atom. The number of aromatic hydroxyl groups is 1. The second kappa shape index (κ2) is 8.55. The molecule has 0 unspecified atom stereocenters. The molecular weight excluding hydrogens is 406 g/mol. The number of hydrogen-bond acceptors (Lipinski definition) is 5. The molecule has 0 saturated heterocycles. The molecule has 5 rings (SSSR count). The molecule has 2 aliphatic rings. The Bertz CT molecular complexity index is 1210. The summed E-state index contributed by atoms with van der Waals surface area (Å²) in [5.74, 6) is 1.10. The van der Waals surface area contributed by atoms with E-state index in [0.717, 1.165) is 50.8 Å². The van der Waals surface area contributed by atoms with Crippen molar-refractivity contribution in [1.29, 1.82) is 0 Å². The maximum absolute atomic E-state index is 11.2. The largest absolute Gasteiger partial charge is 0.497 e. The first-order valence-corrected chi connectivity index (χ1v) is 11.5. The van der Waals surface area contributed by atoms with Crippen LogP contribution in [0.1, 0.15) is 48.6 Å². The predicted octanol–water partition coefficient (Wildman–Crippen LogP) is 6.26. The minimum absolute atomic E-state index is 0.277. The van der Waals surface area contributed by atoms with Gasteiger partial charge in [-0.15, -0.1) is 0 Å². The van der Waals surface area contributed by atoms with Gasteiger partial charge in [-0.25, -0.2) is 4.99 Å². The van der Waals surface area contributed by atoms with Crippen LogP contribution in [0.25, 0.3) is 11.6 Å². The van der Waals surface area contributed by atoms with Crippen molar-refractivity contribution in [3.63, 3.8) is 0 Å². The van der Waals surface area contributed by atoms with Crippen molar-refractivity contribution < 1.29 is 9.84 Å². The van der Waals surface area contributed by atoms with E-state index >= 15 is 0 Å². The topological polar surface area (TPSA) is 59.1 Å². The average molecular weight is 432 g/mol. The summed E-state index contributed by atoms with van der Waals surface area (Å²) in [7, 11) is 1.66. The summed E-state index contributed by atoms with van der Waals surface area (Å²) in [6, 6.07) is 16.1. The highest BCUT2D eigenvalue weighted by molar-refractivity contribution is 7.10. The molecule has 0 radical (unpaired) electrons. The minimum Gasteiger partial charge on any atom is -0.497 e. The quantitative estimate of drug-likeness (QED) is 0.530. The molecule has 2 heterocycles. The molecule has 0 spiro atoms. The van der Waals surface area contributed by atoms with E-state index in [0.29, 0.717) is 5.88 Å². The fourth-order valence-electron chi connectivity index (χ4n) is 4.30. The number of methoxy groups -OCH3 is 1. The van der Waals surface area contributed by atoms with Gasteiger partial charge in [-0.05, 0) is 49.2 Å². The molecule has 1 fully saturated rings. The molecule has 2 aromatic carbocycles. The van der Waals surface area contributed by atoms with Gasteiger partial charge in [0.05, 0.1) is 23.4 Å². The smallest absolute Gasteiger partial charge is 0.211 e. The van der Waals surface area contributed by atoms with E-state index in [9.17, 15) is 5.11 Å². The first-order valence-electron chi connectivity index (χ1n) is 10.7. The zero-order chi connectivity index (χ0) is 21.2. The highest BCUT2D eigenvalue weighted by atomic mass is 32.1. The molecule has 1 aliphatic heterocycles. The van der Waals surface area contributed by atoms with E-state index in [1.807, 2.05) is 59.3 Å². The Balaban J connectivity index is 1.61. The number of rotatable bonds is 4. The van der Waals surface area contributed by atoms with Gasteiger partial charge in [0.25, 0.3) is 0 Å². The third-order valence-electron chi connectivity index (χ3n) is 5.94. The molecule has 0 amide bonds. The minimum atomic E-state index is 0.277. The summed E-state index contributed by atoms with van der Waals surface area (Å²) in [6.07, 6.45) is 9.67. The predicted molar refractivity (Wildman–Crippen MR) is 127 cm³/mol. The van der Waals surface area contributed by atoms with E-state index in [-0.39, 0.29) is 6.04 Å². The van der Waals surface area contributed by atoms with Crippen molar-refractivity contribution in [1.82, 2.24) is 4.57 Å². The normalized spacial score (nSPS) is 18.0. The van der Waals surface area contributed by atoms with E-state index in [1.54, 1.807) is 7.11 Å². The molecule has 0 bridgehead atoms. The van der Waals surface area contributed by atoms with Gasteiger partial charge in [0.2, 0.25) is 5.88 Å². The molecule has 3 aromatic rings. The van der Waals surface area contributed by atoms with Crippen LogP contribution in [0.15, 0.2) is 58.5 Å². The number of aromatic nitrogens is 1. The summed E-state index contributed by atoms with van der Waals surface area (Å²) in [6.45, 7) is 0. The third-order valence-corrected chi connectivity index (χ3v) is 6.93. The second-order valence-corrected chi connectivity index (χ2v) is 8.93. The lowest BCUT2D eigenvalue weighted by atomic mass is 9.95. The molecule has 1 aliphatic carbocycles. The van der Waals surface area contributed by atoms with Gasteiger partial charge >= 0.3 is 0 Å². The summed E-state index contributed by atoms with van der Waals surface area (Å²) < 4.78 is 7.30. The van der Waals surface area contributed by atoms with Gasteiger partial charge in [-0.2, -0.15) is 0 Å². The number of thiazole rings is 1. The second-order valence-electron chi connectivity index (χ2n) is 7.92. The Morgan fingerprint density at radius 2 is 1.87 bits per heavy atom. The standard InChI is InChI=1S/C25H25N3O2S/c1-30-20-13-11-18(12-14-20)27-25-28(19-7-3-2-4-8-19)24(29)23(31-25)15-17-16-26-22-10-6-5-9-21(17)22/h5-6,9-16,19,29H,2-4,7-8H2,1H3/b17-15+,27-25?. The van der Waals surface area contributed by atoms with E-state index < -0.39 is 0 Å². The average Bonchev–Trinajstić information content (AvgIpc) is 3.36. The van der Waals surface area contributed by atoms with Crippen LogP contribution in [0.4, 0.5) is 11.4 Å². The molecule has 1 saturated carbocycles. The van der Waals surface area contributed by atoms with E-state index in [2.05, 4.69) is 11.1 Å². The van der Waals surface area contributed by atoms with Crippen molar-refractivity contribution >= 4 is 40.6 Å². The molecule has 5 nitrogen and oxygen atoms in total. The number of aliphatic imine (C=N–C) groups is 1. The molecule has 1 N–H and O–H groups in total. The Hall–Kier alpha value is -3.12. The van der Waals surface area contributed by atoms with Crippen molar-refractivity contribution in [2.45, 2.75) is 38.1 Å². The van der Waals surface area contributed by atoms with Crippen molar-refractivity contribution in [3.8, 4) is 11.6 Å². The number of ether oxygens (including phenoxy) is 1. The van der Waals surface area contributed by atoms with Crippen molar-refractivity contribution in [2.24, 2.45) is 9.98 Å². The van der Waals surface area contributed by atoms with Crippen LogP contribution in [0.2, 0.25) is 0 Å². The molecular formula is C25H25N3O2S. The SMILES string of the molecule is COc1ccc(N=c2sc(/C=C3\C=Nc4ccccc43)c(O)n2C2CCCCC2)cc1. The Morgan fingerprint density at radius 1 is 1.10 bits per heavy atom. The van der Waals surface area contributed by atoms with Gasteiger partial charge in [0, 0.05) is 23.4 Å². The maximum Gasteiger partial charge on any atom is 0.211 e. The third kappa shape index (κ3) is 3.95. The van der Waals surface area contributed by atoms with Crippen LogP contribution >= 0.6 is 11.3 Å². The highest BCUT2D eigenvalue weighted by Crippen LogP contribution is 2.37. The molecule has 6 heteroatoms. The monoisotopic (exact) mass is 431 g/mol. The van der Waals surface area contributed by atoms with Crippen LogP contribution in [0.3, 0.4) is 0 Å². The maximum atomic E-state index is 11.2. The summed E-state index contributed by atoms with van der Waals surface area (Å²) >= 11 is 1.52. The lowest BCUT2D eigenvalue weighted by Crippen LogP contribution is -2.22. The number of hydrogen-bond donors (Lipinski definition) is 1. The van der Waals surface area contributed by atoms with Gasteiger partial charge in [0.15, 0.2) is 4.80 Å². The van der Waals surface area contributed by atoms with Crippen LogP contribution in [-0.2, 0) is 0 Å². The number of nitrogens with zero attached hydrogens (tertiary/aromatic N) is 3. The van der Waals surface area contributed by atoms with Crippen LogP contribution < -0.4 is 9.54 Å². The molecule has 158 valence electrons. The van der Waals surface area contributed by atoms with Gasteiger partial charge in [-0.3, -0.25) is 9.56 Å². The summed E-state index contributed by atoms with van der Waals surface area (Å²) in [5, 5.41) is 11.2. The van der Waals surface area contributed by atoms with Crippen LogP contribution in [0, 0.1) is 0 Å². The first-order chi connectivity index (χ1) is 15.2. The highest BCUT2D eigenvalue weighted by Gasteiger charge is 2.23. The fourth-order valence-corrected chi connectivity index (χ4v) is 5.36. The number of allylic oxidation sites excluding steroid dienone is 1. The number of fused-ring (bicyclic) bond motifs is 1. The van der Waals surface area contributed by atoms with Crippen LogP contribution in [0.5, 0.6) is 11.6 Å². The summed E-state index contributed by atoms with van der Waals surface area (Å²) in [4.78, 5) is 11.0. The van der Waals surface area contributed by atoms with E-state index in [4.69, 9.17) is 9.73 Å². The number of para-hydroxylation sites is 1.